The van der Waals surface area contributed by atoms with Gasteiger partial charge in [-0.05, 0) is 30.2 Å². The number of carbonyl (C=O) groups is 1. The van der Waals surface area contributed by atoms with Crippen LogP contribution in [0.15, 0.2) is 53.6 Å². The molecular weight excluding hydrogens is 292 g/mol. The molecular formula is C18H20N2O3. The van der Waals surface area contributed by atoms with Crippen LogP contribution in [0.3, 0.4) is 0 Å². The summed E-state index contributed by atoms with van der Waals surface area (Å²) in [6.07, 6.45) is 0.718. The second kappa shape index (κ2) is 7.98. The first-order valence-electron chi connectivity index (χ1n) is 7.34. The number of ether oxygens (including phenoxy) is 2. The predicted molar refractivity (Wildman–Crippen MR) is 90.3 cm³/mol. The van der Waals surface area contributed by atoms with E-state index < -0.39 is 0 Å². The Morgan fingerprint density at radius 2 is 1.70 bits per heavy atom. The monoisotopic (exact) mass is 312 g/mol. The highest BCUT2D eigenvalue weighted by atomic mass is 16.5. The number of nitrogens with one attached hydrogen (secondary N) is 1. The Bertz CT molecular complexity index is 697. The van der Waals surface area contributed by atoms with Crippen LogP contribution in [0, 0.1) is 0 Å². The van der Waals surface area contributed by atoms with E-state index in [1.54, 1.807) is 25.3 Å². The lowest BCUT2D eigenvalue weighted by Crippen LogP contribution is -2.20. The molecule has 0 saturated carbocycles. The van der Waals surface area contributed by atoms with Crippen molar-refractivity contribution in [3.8, 4) is 11.5 Å². The number of benzene rings is 2. The van der Waals surface area contributed by atoms with Crippen LogP contribution in [0.1, 0.15) is 29.3 Å². The minimum absolute atomic E-state index is 0.298. The number of nitrogens with zero attached hydrogens (tertiary/aromatic N) is 1. The van der Waals surface area contributed by atoms with E-state index in [4.69, 9.17) is 9.47 Å². The maximum absolute atomic E-state index is 12.2. The van der Waals surface area contributed by atoms with Crippen LogP contribution < -0.4 is 14.9 Å². The van der Waals surface area contributed by atoms with E-state index >= 15 is 0 Å². The van der Waals surface area contributed by atoms with Crippen LogP contribution >= 0.6 is 0 Å². The van der Waals surface area contributed by atoms with E-state index in [0.29, 0.717) is 17.1 Å². The smallest absolute Gasteiger partial charge is 0.271 e. The summed E-state index contributed by atoms with van der Waals surface area (Å²) in [6, 6.07) is 14.7. The van der Waals surface area contributed by atoms with Crippen molar-refractivity contribution in [2.24, 2.45) is 5.10 Å². The van der Waals surface area contributed by atoms with Crippen molar-refractivity contribution < 1.29 is 14.3 Å². The van der Waals surface area contributed by atoms with Crippen molar-refractivity contribution in [3.05, 3.63) is 59.7 Å². The van der Waals surface area contributed by atoms with Gasteiger partial charge in [-0.3, -0.25) is 4.79 Å². The maximum atomic E-state index is 12.2. The van der Waals surface area contributed by atoms with Crippen molar-refractivity contribution in [1.29, 1.82) is 0 Å². The summed E-state index contributed by atoms with van der Waals surface area (Å²) in [5.41, 5.74) is 4.85. The average Bonchev–Trinajstić information content (AvgIpc) is 2.62. The third-order valence-electron chi connectivity index (χ3n) is 3.38. The minimum Gasteiger partial charge on any atom is -0.493 e. The number of methoxy groups -OCH3 is 2. The van der Waals surface area contributed by atoms with E-state index in [0.717, 1.165) is 17.7 Å². The Morgan fingerprint density at radius 1 is 1.00 bits per heavy atom. The second-order valence-electron chi connectivity index (χ2n) is 4.79. The van der Waals surface area contributed by atoms with E-state index in [2.05, 4.69) is 10.5 Å². The molecule has 1 N–H and O–H groups in total. The lowest BCUT2D eigenvalue weighted by Gasteiger charge is -2.09. The highest BCUT2D eigenvalue weighted by Crippen LogP contribution is 2.27. The zero-order valence-corrected chi connectivity index (χ0v) is 13.5. The summed E-state index contributed by atoms with van der Waals surface area (Å²) < 4.78 is 10.4. The van der Waals surface area contributed by atoms with E-state index in [9.17, 15) is 4.79 Å². The highest BCUT2D eigenvalue weighted by Gasteiger charge is 2.10. The van der Waals surface area contributed by atoms with Crippen LogP contribution in [-0.4, -0.2) is 25.8 Å². The van der Waals surface area contributed by atoms with Crippen LogP contribution in [0.2, 0.25) is 0 Å². The van der Waals surface area contributed by atoms with Crippen molar-refractivity contribution in [2.45, 2.75) is 13.3 Å². The molecule has 0 unspecified atom stereocenters. The first kappa shape index (κ1) is 16.5. The number of hydrazone groups is 1. The fraction of sp³-hybridized carbons (Fsp3) is 0.222. The molecule has 0 aliphatic rings. The molecule has 0 atom stereocenters. The molecule has 1 amide bonds. The van der Waals surface area contributed by atoms with Gasteiger partial charge in [-0.2, -0.15) is 5.10 Å². The zero-order valence-electron chi connectivity index (χ0n) is 13.5. The van der Waals surface area contributed by atoms with Crippen molar-refractivity contribution in [2.75, 3.05) is 14.2 Å². The molecule has 0 heterocycles. The van der Waals surface area contributed by atoms with Crippen LogP contribution in [-0.2, 0) is 0 Å². The number of rotatable bonds is 6. The van der Waals surface area contributed by atoms with E-state index in [1.807, 2.05) is 37.3 Å². The Hall–Kier alpha value is -2.82. The second-order valence-corrected chi connectivity index (χ2v) is 4.79. The average molecular weight is 312 g/mol. The third-order valence-corrected chi connectivity index (χ3v) is 3.38. The van der Waals surface area contributed by atoms with Gasteiger partial charge in [-0.15, -0.1) is 0 Å². The van der Waals surface area contributed by atoms with Gasteiger partial charge in [0, 0.05) is 5.56 Å². The predicted octanol–water partition coefficient (Wildman–Crippen LogP) is 3.25. The quantitative estimate of drug-likeness (QED) is 0.658. The SMILES string of the molecule is CC/C(=N/NC(=O)c1ccc(OC)c(OC)c1)c1ccccc1. The lowest BCUT2D eigenvalue weighted by molar-refractivity contribution is 0.0954. The molecule has 0 aliphatic heterocycles. The Morgan fingerprint density at radius 3 is 2.30 bits per heavy atom. The van der Waals surface area contributed by atoms with Crippen LogP contribution in [0.4, 0.5) is 0 Å². The number of amides is 1. The van der Waals surface area contributed by atoms with Gasteiger partial charge in [0.05, 0.1) is 19.9 Å². The van der Waals surface area contributed by atoms with Gasteiger partial charge >= 0.3 is 0 Å². The third kappa shape index (κ3) is 4.10. The molecule has 23 heavy (non-hydrogen) atoms. The van der Waals surface area contributed by atoms with Crippen molar-refractivity contribution in [3.63, 3.8) is 0 Å². The van der Waals surface area contributed by atoms with Crippen LogP contribution in [0.25, 0.3) is 0 Å². The minimum atomic E-state index is -0.298. The molecule has 0 aromatic heterocycles. The van der Waals surface area contributed by atoms with Gasteiger partial charge in [0.15, 0.2) is 11.5 Å². The fourth-order valence-corrected chi connectivity index (χ4v) is 2.14. The van der Waals surface area contributed by atoms with E-state index in [1.165, 1.54) is 7.11 Å². The molecule has 120 valence electrons. The van der Waals surface area contributed by atoms with Gasteiger partial charge in [0.25, 0.3) is 5.91 Å². The number of carbonyl (C=O) groups excluding carboxylic acids is 1. The molecule has 0 saturated heterocycles. The standard InChI is InChI=1S/C18H20N2O3/c1-4-15(13-8-6-5-7-9-13)19-20-18(21)14-10-11-16(22-2)17(12-14)23-3/h5-12H,4H2,1-3H3,(H,20,21)/b19-15-. The number of hydrogen-bond donors (Lipinski definition) is 1. The molecule has 2 aromatic carbocycles. The first-order chi connectivity index (χ1) is 11.2. The summed E-state index contributed by atoms with van der Waals surface area (Å²) in [4.78, 5) is 12.2. The van der Waals surface area contributed by atoms with Crippen LogP contribution in [0.5, 0.6) is 11.5 Å². The van der Waals surface area contributed by atoms with Gasteiger partial charge < -0.3 is 9.47 Å². The Balaban J connectivity index is 2.17. The van der Waals surface area contributed by atoms with Gasteiger partial charge in [0.2, 0.25) is 0 Å². The molecule has 0 aliphatic carbocycles. The van der Waals surface area contributed by atoms with Crippen molar-refractivity contribution in [1.82, 2.24) is 5.43 Å². The lowest BCUT2D eigenvalue weighted by atomic mass is 10.1. The van der Waals surface area contributed by atoms with Gasteiger partial charge in [-0.25, -0.2) is 5.43 Å². The van der Waals surface area contributed by atoms with Crippen molar-refractivity contribution >= 4 is 11.6 Å². The van der Waals surface area contributed by atoms with Gasteiger partial charge in [-0.1, -0.05) is 37.3 Å². The van der Waals surface area contributed by atoms with E-state index in [-0.39, 0.29) is 5.91 Å². The summed E-state index contributed by atoms with van der Waals surface area (Å²) in [6.45, 7) is 1.99. The normalized spacial score (nSPS) is 11.0. The summed E-state index contributed by atoms with van der Waals surface area (Å²) in [5, 5.41) is 4.23. The summed E-state index contributed by atoms with van der Waals surface area (Å²) in [5.74, 6) is 0.779. The molecule has 5 heteroatoms. The summed E-state index contributed by atoms with van der Waals surface area (Å²) >= 11 is 0. The molecule has 0 spiro atoms. The van der Waals surface area contributed by atoms with Gasteiger partial charge in [0.1, 0.15) is 0 Å². The molecule has 0 bridgehead atoms. The maximum Gasteiger partial charge on any atom is 0.271 e. The molecule has 2 rings (SSSR count). The zero-order chi connectivity index (χ0) is 16.7. The Kier molecular flexibility index (Phi) is 5.74. The fourth-order valence-electron chi connectivity index (χ4n) is 2.14. The largest absolute Gasteiger partial charge is 0.493 e. The Labute approximate surface area is 135 Å². The molecule has 5 nitrogen and oxygen atoms in total. The molecule has 0 fully saturated rings. The number of hydrogen-bond acceptors (Lipinski definition) is 4. The summed E-state index contributed by atoms with van der Waals surface area (Å²) in [7, 11) is 3.08. The highest BCUT2D eigenvalue weighted by molar-refractivity contribution is 6.02. The topological polar surface area (TPSA) is 59.9 Å². The molecule has 0 radical (unpaired) electrons. The first-order valence-corrected chi connectivity index (χ1v) is 7.34. The molecule has 2 aromatic rings.